The Labute approximate surface area is 134 Å². The van der Waals surface area contributed by atoms with Gasteiger partial charge in [-0.25, -0.2) is 4.98 Å². The molecule has 0 aliphatic rings. The first-order chi connectivity index (χ1) is 10.5. The predicted molar refractivity (Wildman–Crippen MR) is 94.8 cm³/mol. The first-order valence-corrected chi connectivity index (χ1v) is 7.83. The van der Waals surface area contributed by atoms with E-state index < -0.39 is 0 Å². The summed E-state index contributed by atoms with van der Waals surface area (Å²) in [7, 11) is 0. The summed E-state index contributed by atoms with van der Waals surface area (Å²) in [6.07, 6.45) is 1.73. The van der Waals surface area contributed by atoms with Crippen LogP contribution in [-0.4, -0.2) is 23.8 Å². The summed E-state index contributed by atoms with van der Waals surface area (Å²) in [6.45, 7) is 5.07. The van der Waals surface area contributed by atoms with Gasteiger partial charge in [0.25, 0.3) is 0 Å². The molecule has 116 valence electrons. The number of nitrogens with one attached hydrogen (secondary N) is 1. The molecule has 0 saturated heterocycles. The molecule has 22 heavy (non-hydrogen) atoms. The van der Waals surface area contributed by atoms with E-state index in [0.717, 1.165) is 23.5 Å². The van der Waals surface area contributed by atoms with E-state index in [9.17, 15) is 0 Å². The number of thiazole rings is 1. The number of benzene rings is 1. The lowest BCUT2D eigenvalue weighted by Crippen LogP contribution is -2.21. The molecule has 0 bridgehead atoms. The van der Waals surface area contributed by atoms with Crippen LogP contribution in [0.4, 0.5) is 10.8 Å². The van der Waals surface area contributed by atoms with Crippen molar-refractivity contribution in [2.75, 3.05) is 11.9 Å². The first-order valence-electron chi connectivity index (χ1n) is 6.95. The van der Waals surface area contributed by atoms with Gasteiger partial charge in [-0.2, -0.15) is 4.99 Å². The molecule has 0 aliphatic heterocycles. The van der Waals surface area contributed by atoms with Gasteiger partial charge in [0.05, 0.1) is 12.0 Å². The molecule has 0 amide bonds. The maximum absolute atomic E-state index is 5.36. The molecule has 0 radical (unpaired) electrons. The Bertz CT molecular complexity index is 670. The largest absolute Gasteiger partial charge is 0.370 e. The van der Waals surface area contributed by atoms with Gasteiger partial charge in [0.1, 0.15) is 0 Å². The van der Waals surface area contributed by atoms with Crippen molar-refractivity contribution < 1.29 is 0 Å². The molecule has 0 saturated carbocycles. The zero-order chi connectivity index (χ0) is 15.9. The smallest absolute Gasteiger partial charge is 0.212 e. The zero-order valence-corrected chi connectivity index (χ0v) is 13.5. The topological polar surface area (TPSA) is 102 Å². The van der Waals surface area contributed by atoms with Gasteiger partial charge in [-0.05, 0) is 18.1 Å². The summed E-state index contributed by atoms with van der Waals surface area (Å²) in [6, 6.07) is 7.95. The Morgan fingerprint density at radius 3 is 2.95 bits per heavy atom. The lowest BCUT2D eigenvalue weighted by molar-refractivity contribution is 0.667. The third kappa shape index (κ3) is 4.85. The molecule has 0 fully saturated rings. The number of anilines is 1. The van der Waals surface area contributed by atoms with Gasteiger partial charge >= 0.3 is 0 Å². The van der Waals surface area contributed by atoms with Crippen LogP contribution in [-0.2, 0) is 0 Å². The Balaban J connectivity index is 2.09. The van der Waals surface area contributed by atoms with Gasteiger partial charge in [-0.1, -0.05) is 26.0 Å². The predicted octanol–water partition coefficient (Wildman–Crippen LogP) is 2.81. The van der Waals surface area contributed by atoms with Crippen LogP contribution in [0.1, 0.15) is 13.8 Å². The van der Waals surface area contributed by atoms with Gasteiger partial charge in [0, 0.05) is 23.2 Å². The van der Waals surface area contributed by atoms with E-state index in [4.69, 9.17) is 11.5 Å². The van der Waals surface area contributed by atoms with Crippen molar-refractivity contribution in [1.29, 1.82) is 0 Å². The maximum Gasteiger partial charge on any atom is 0.212 e. The number of nitrogens with two attached hydrogens (primary N) is 2. The summed E-state index contributed by atoms with van der Waals surface area (Å²) in [5.41, 5.74) is 13.5. The van der Waals surface area contributed by atoms with Crippen molar-refractivity contribution in [1.82, 2.24) is 4.98 Å². The fourth-order valence-corrected chi connectivity index (χ4v) is 2.43. The number of aliphatic imine (C=N–C) groups is 2. The van der Waals surface area contributed by atoms with E-state index in [-0.39, 0.29) is 5.96 Å². The Morgan fingerprint density at radius 2 is 2.23 bits per heavy atom. The molecule has 2 rings (SSSR count). The SMILES string of the molecule is CC(C)CN=CNc1cccc(-c2csc(N=C(N)N)n2)c1. The van der Waals surface area contributed by atoms with Crippen LogP contribution in [0.5, 0.6) is 0 Å². The highest BCUT2D eigenvalue weighted by atomic mass is 32.1. The Hall–Kier alpha value is -2.41. The van der Waals surface area contributed by atoms with Crippen molar-refractivity contribution >= 4 is 34.5 Å². The van der Waals surface area contributed by atoms with Crippen LogP contribution >= 0.6 is 11.3 Å². The normalized spacial score (nSPS) is 11.0. The van der Waals surface area contributed by atoms with Crippen molar-refractivity contribution in [3.05, 3.63) is 29.6 Å². The second kappa shape index (κ2) is 7.56. The monoisotopic (exact) mass is 316 g/mol. The van der Waals surface area contributed by atoms with Crippen molar-refractivity contribution in [2.45, 2.75) is 13.8 Å². The second-order valence-corrected chi connectivity index (χ2v) is 6.00. The van der Waals surface area contributed by atoms with Crippen molar-refractivity contribution in [3.63, 3.8) is 0 Å². The van der Waals surface area contributed by atoms with Gasteiger partial charge < -0.3 is 16.8 Å². The standard InChI is InChI=1S/C15H20N6S/c1-10(2)7-18-9-19-12-5-3-4-11(6-12)13-8-22-15(20-13)21-14(16)17/h3-6,8-10H,7H2,1-2H3,(H,18,19)(H4,16,17,20,21). The van der Waals surface area contributed by atoms with E-state index >= 15 is 0 Å². The van der Waals surface area contributed by atoms with Gasteiger partial charge in [0.15, 0.2) is 5.96 Å². The highest BCUT2D eigenvalue weighted by Crippen LogP contribution is 2.27. The van der Waals surface area contributed by atoms with Gasteiger partial charge in [-0.3, -0.25) is 4.99 Å². The summed E-state index contributed by atoms with van der Waals surface area (Å²) in [5.74, 6) is 0.561. The zero-order valence-electron chi connectivity index (χ0n) is 12.7. The molecule has 6 nitrogen and oxygen atoms in total. The maximum atomic E-state index is 5.36. The molecule has 5 N–H and O–H groups in total. The lowest BCUT2D eigenvalue weighted by atomic mass is 10.1. The van der Waals surface area contributed by atoms with Gasteiger partial charge in [0.2, 0.25) is 5.13 Å². The quantitative estimate of drug-likeness (QED) is 0.563. The van der Waals surface area contributed by atoms with Crippen LogP contribution in [0.25, 0.3) is 11.3 Å². The summed E-state index contributed by atoms with van der Waals surface area (Å²) < 4.78 is 0. The van der Waals surface area contributed by atoms with Gasteiger partial charge in [-0.15, -0.1) is 11.3 Å². The first kappa shape index (κ1) is 16.0. The van der Waals surface area contributed by atoms with E-state index in [2.05, 4.69) is 34.1 Å². The number of hydrogen-bond acceptors (Lipinski definition) is 4. The molecule has 1 heterocycles. The van der Waals surface area contributed by atoms with Crippen LogP contribution in [0, 0.1) is 5.92 Å². The third-order valence-corrected chi connectivity index (χ3v) is 3.40. The Morgan fingerprint density at radius 1 is 1.41 bits per heavy atom. The minimum Gasteiger partial charge on any atom is -0.370 e. The lowest BCUT2D eigenvalue weighted by Gasteiger charge is -2.03. The molecule has 0 spiro atoms. The molecular formula is C15H20N6S. The van der Waals surface area contributed by atoms with E-state index in [1.54, 1.807) is 6.34 Å². The molecule has 1 aromatic carbocycles. The average molecular weight is 316 g/mol. The molecule has 0 atom stereocenters. The summed E-state index contributed by atoms with van der Waals surface area (Å²) >= 11 is 1.40. The molecule has 7 heteroatoms. The van der Waals surface area contributed by atoms with Crippen molar-refractivity contribution in [2.24, 2.45) is 27.4 Å². The van der Waals surface area contributed by atoms with E-state index in [1.165, 1.54) is 11.3 Å². The summed E-state index contributed by atoms with van der Waals surface area (Å²) in [4.78, 5) is 12.6. The molecule has 0 unspecified atom stereocenters. The fourth-order valence-electron chi connectivity index (χ4n) is 1.71. The summed E-state index contributed by atoms with van der Waals surface area (Å²) in [5, 5.41) is 5.64. The molecule has 0 aliphatic carbocycles. The van der Waals surface area contributed by atoms with E-state index in [1.807, 2.05) is 29.6 Å². The van der Waals surface area contributed by atoms with Crippen LogP contribution in [0.15, 0.2) is 39.6 Å². The van der Waals surface area contributed by atoms with E-state index in [0.29, 0.717) is 11.0 Å². The minimum absolute atomic E-state index is 0.0117. The van der Waals surface area contributed by atoms with Crippen LogP contribution in [0.2, 0.25) is 0 Å². The highest BCUT2D eigenvalue weighted by Gasteiger charge is 2.04. The fraction of sp³-hybridized carbons (Fsp3) is 0.267. The number of rotatable bonds is 6. The second-order valence-electron chi connectivity index (χ2n) is 5.17. The Kier molecular flexibility index (Phi) is 5.48. The average Bonchev–Trinajstić information content (AvgIpc) is 2.91. The molecule has 1 aromatic heterocycles. The number of nitrogens with zero attached hydrogens (tertiary/aromatic N) is 3. The minimum atomic E-state index is 0.0117. The molecular weight excluding hydrogens is 296 g/mol. The van der Waals surface area contributed by atoms with Crippen LogP contribution in [0.3, 0.4) is 0 Å². The molecule has 2 aromatic rings. The number of hydrogen-bond donors (Lipinski definition) is 3. The third-order valence-electron chi connectivity index (χ3n) is 2.67. The van der Waals surface area contributed by atoms with Crippen molar-refractivity contribution in [3.8, 4) is 11.3 Å². The van der Waals surface area contributed by atoms with Crippen LogP contribution < -0.4 is 16.8 Å². The number of guanidine groups is 1. The highest BCUT2D eigenvalue weighted by molar-refractivity contribution is 7.13. The number of aromatic nitrogens is 1.